The highest BCUT2D eigenvalue weighted by Crippen LogP contribution is 2.32. The number of alkyl halides is 4. The Morgan fingerprint density at radius 3 is 2.54 bits per heavy atom. The summed E-state index contributed by atoms with van der Waals surface area (Å²) in [5.41, 5.74) is -1.74. The lowest BCUT2D eigenvalue weighted by molar-refractivity contribution is -0.116. The van der Waals surface area contributed by atoms with E-state index in [1.807, 2.05) is 0 Å². The second kappa shape index (κ2) is 7.82. The first-order chi connectivity index (χ1) is 13.2. The van der Waals surface area contributed by atoms with Gasteiger partial charge in [0.05, 0.1) is 16.8 Å². The van der Waals surface area contributed by atoms with Gasteiger partial charge in [-0.3, -0.25) is 4.79 Å². The smallest absolute Gasteiger partial charge is 0.280 e. The summed E-state index contributed by atoms with van der Waals surface area (Å²) >= 11 is 3.09. The van der Waals surface area contributed by atoms with Crippen molar-refractivity contribution < 1.29 is 26.7 Å². The van der Waals surface area contributed by atoms with Gasteiger partial charge in [-0.05, 0) is 31.2 Å². The Morgan fingerprint density at radius 2 is 1.93 bits per heavy atom. The summed E-state index contributed by atoms with van der Waals surface area (Å²) < 4.78 is 68.0. The lowest BCUT2D eigenvalue weighted by Gasteiger charge is -2.09. The van der Waals surface area contributed by atoms with E-state index in [1.165, 1.54) is 19.1 Å². The molecule has 0 radical (unpaired) electrons. The van der Waals surface area contributed by atoms with E-state index in [1.54, 1.807) is 0 Å². The van der Waals surface area contributed by atoms with Crippen molar-refractivity contribution in [2.24, 2.45) is 0 Å². The van der Waals surface area contributed by atoms with Gasteiger partial charge >= 0.3 is 0 Å². The van der Waals surface area contributed by atoms with Gasteiger partial charge in [0.1, 0.15) is 18.1 Å². The number of hydrogen-bond acceptors (Lipinski definition) is 3. The van der Waals surface area contributed by atoms with Crippen molar-refractivity contribution in [3.63, 3.8) is 0 Å². The van der Waals surface area contributed by atoms with Crippen molar-refractivity contribution in [3.05, 3.63) is 51.5 Å². The van der Waals surface area contributed by atoms with Crippen LogP contribution in [0.25, 0.3) is 11.0 Å². The zero-order chi connectivity index (χ0) is 20.6. The van der Waals surface area contributed by atoms with Crippen LogP contribution in [-0.4, -0.2) is 20.7 Å². The third kappa shape index (κ3) is 3.98. The van der Waals surface area contributed by atoms with Gasteiger partial charge in [-0.25, -0.2) is 31.6 Å². The Balaban J connectivity index is 1.97. The highest BCUT2D eigenvalue weighted by atomic mass is 79.9. The largest absolute Gasteiger partial charge is 0.322 e. The highest BCUT2D eigenvalue weighted by Gasteiger charge is 2.24. The number of rotatable bonds is 5. The number of pyridine rings is 1. The van der Waals surface area contributed by atoms with Gasteiger partial charge in [0.25, 0.3) is 12.9 Å². The number of anilines is 1. The maximum Gasteiger partial charge on any atom is 0.280 e. The predicted octanol–water partition coefficient (Wildman–Crippen LogP) is 5.16. The minimum Gasteiger partial charge on any atom is -0.322 e. The third-order valence-corrected chi connectivity index (χ3v) is 4.38. The normalized spacial score (nSPS) is 11.6. The summed E-state index contributed by atoms with van der Waals surface area (Å²) in [6, 6.07) is 4.62. The summed E-state index contributed by atoms with van der Waals surface area (Å²) in [5, 5.41) is 6.18. The van der Waals surface area contributed by atoms with Gasteiger partial charge in [0, 0.05) is 10.0 Å². The van der Waals surface area contributed by atoms with Crippen LogP contribution >= 0.6 is 15.9 Å². The van der Waals surface area contributed by atoms with Gasteiger partial charge in [-0.2, -0.15) is 5.10 Å². The number of carbonyl (C=O) groups is 1. The molecule has 11 heteroatoms. The molecule has 0 aliphatic carbocycles. The van der Waals surface area contributed by atoms with Crippen molar-refractivity contribution >= 4 is 38.6 Å². The van der Waals surface area contributed by atoms with Crippen molar-refractivity contribution in [1.82, 2.24) is 14.8 Å². The molecule has 2 heterocycles. The predicted molar refractivity (Wildman–Crippen MR) is 94.9 cm³/mol. The van der Waals surface area contributed by atoms with E-state index in [0.717, 1.165) is 10.7 Å². The maximum absolute atomic E-state index is 13.8. The van der Waals surface area contributed by atoms with Crippen LogP contribution in [-0.2, 0) is 11.3 Å². The van der Waals surface area contributed by atoms with Crippen molar-refractivity contribution in [2.45, 2.75) is 26.3 Å². The molecule has 0 aliphatic rings. The number of fused-ring (bicyclic) bond motifs is 1. The molecule has 1 aromatic carbocycles. The minimum atomic E-state index is -3.07. The molecule has 0 spiro atoms. The molecule has 0 aliphatic heterocycles. The number of aromatic nitrogens is 3. The molecule has 148 valence electrons. The second-order valence-corrected chi connectivity index (χ2v) is 6.77. The van der Waals surface area contributed by atoms with Gasteiger partial charge < -0.3 is 5.32 Å². The Hall–Kier alpha value is -2.56. The molecule has 3 rings (SSSR count). The van der Waals surface area contributed by atoms with Crippen LogP contribution in [0.3, 0.4) is 0 Å². The summed E-state index contributed by atoms with van der Waals surface area (Å²) in [4.78, 5) is 15.9. The zero-order valence-corrected chi connectivity index (χ0v) is 15.8. The number of nitrogens with zero attached hydrogens (tertiary/aromatic N) is 3. The number of carbonyl (C=O) groups excluding carboxylic acids is 1. The summed E-state index contributed by atoms with van der Waals surface area (Å²) in [5.74, 6) is -1.42. The molecule has 28 heavy (non-hydrogen) atoms. The molecule has 1 N–H and O–H groups in total. The summed E-state index contributed by atoms with van der Waals surface area (Å²) in [7, 11) is 0. The molecular weight excluding hydrogens is 451 g/mol. The number of nitrogens with one attached hydrogen (secondary N) is 1. The molecule has 0 bridgehead atoms. The maximum atomic E-state index is 13.8. The molecule has 5 nitrogen and oxygen atoms in total. The Bertz CT molecular complexity index is 1050. The Morgan fingerprint density at radius 1 is 1.21 bits per heavy atom. The fourth-order valence-electron chi connectivity index (χ4n) is 2.72. The van der Waals surface area contributed by atoms with Crippen LogP contribution in [0.5, 0.6) is 0 Å². The van der Waals surface area contributed by atoms with E-state index < -0.39 is 42.4 Å². The second-order valence-electron chi connectivity index (χ2n) is 5.85. The van der Waals surface area contributed by atoms with Crippen LogP contribution in [0.2, 0.25) is 0 Å². The molecule has 0 saturated carbocycles. The minimum absolute atomic E-state index is 0.0953. The first-order valence-electron chi connectivity index (χ1n) is 7.86. The fourth-order valence-corrected chi connectivity index (χ4v) is 3.05. The first-order valence-corrected chi connectivity index (χ1v) is 8.65. The molecule has 2 aromatic heterocycles. The van der Waals surface area contributed by atoms with E-state index in [4.69, 9.17) is 0 Å². The lowest BCUT2D eigenvalue weighted by Crippen LogP contribution is -2.20. The van der Waals surface area contributed by atoms with Gasteiger partial charge in [0.15, 0.2) is 5.65 Å². The van der Waals surface area contributed by atoms with E-state index in [0.29, 0.717) is 10.5 Å². The van der Waals surface area contributed by atoms with Crippen LogP contribution in [0.4, 0.5) is 27.6 Å². The third-order valence-electron chi connectivity index (χ3n) is 3.88. The molecule has 0 atom stereocenters. The number of hydrogen-bond donors (Lipinski definition) is 1. The van der Waals surface area contributed by atoms with E-state index in [2.05, 4.69) is 31.3 Å². The molecule has 1 amide bonds. The van der Waals surface area contributed by atoms with E-state index >= 15 is 0 Å². The van der Waals surface area contributed by atoms with Gasteiger partial charge in [-0.1, -0.05) is 15.9 Å². The number of amides is 1. The van der Waals surface area contributed by atoms with E-state index in [9.17, 15) is 26.7 Å². The molecular formula is C17H12BrF5N4O. The van der Waals surface area contributed by atoms with Crippen LogP contribution in [0, 0.1) is 12.7 Å². The fraction of sp³-hybridized carbons (Fsp3) is 0.235. The number of halogens is 6. The number of benzene rings is 1. The monoisotopic (exact) mass is 462 g/mol. The summed E-state index contributed by atoms with van der Waals surface area (Å²) in [6.07, 6.45) is -6.10. The van der Waals surface area contributed by atoms with Crippen LogP contribution < -0.4 is 5.32 Å². The first kappa shape index (κ1) is 20.2. The number of aryl methyl sites for hydroxylation is 1. The molecule has 0 saturated heterocycles. The molecule has 3 aromatic rings. The SMILES string of the molecule is Cc1nn(CC(=O)Nc2ccc(Br)cc2F)c2nc(C(F)F)cc(C(F)F)c12. The van der Waals surface area contributed by atoms with Crippen LogP contribution in [0.1, 0.15) is 29.8 Å². The average molecular weight is 463 g/mol. The molecule has 0 fully saturated rings. The average Bonchev–Trinajstić information content (AvgIpc) is 2.92. The van der Waals surface area contributed by atoms with Gasteiger partial charge in [-0.15, -0.1) is 0 Å². The van der Waals surface area contributed by atoms with E-state index in [-0.39, 0.29) is 22.4 Å². The van der Waals surface area contributed by atoms with Gasteiger partial charge in [0.2, 0.25) is 5.91 Å². The van der Waals surface area contributed by atoms with Crippen molar-refractivity contribution in [2.75, 3.05) is 5.32 Å². The Labute approximate surface area is 163 Å². The van der Waals surface area contributed by atoms with Crippen molar-refractivity contribution in [3.8, 4) is 0 Å². The topological polar surface area (TPSA) is 59.8 Å². The highest BCUT2D eigenvalue weighted by molar-refractivity contribution is 9.10. The summed E-state index contributed by atoms with van der Waals surface area (Å²) in [6.45, 7) is 0.878. The standard InChI is InChI=1S/C17H12BrF5N4O/c1-7-14-9(15(20)21)5-12(16(22)23)25-17(14)27(26-7)6-13(28)24-11-3-2-8(18)4-10(11)19/h2-5,15-16H,6H2,1H3,(H,24,28). The lowest BCUT2D eigenvalue weighted by atomic mass is 10.1. The Kier molecular flexibility index (Phi) is 5.64. The molecule has 0 unspecified atom stereocenters. The zero-order valence-electron chi connectivity index (χ0n) is 14.2. The van der Waals surface area contributed by atoms with Crippen LogP contribution in [0.15, 0.2) is 28.7 Å². The van der Waals surface area contributed by atoms with Crippen molar-refractivity contribution in [1.29, 1.82) is 0 Å². The quantitative estimate of drug-likeness (QED) is 0.533.